The van der Waals surface area contributed by atoms with Gasteiger partial charge in [-0.1, -0.05) is 62.6 Å². The smallest absolute Gasteiger partial charge is 0.303 e. The van der Waals surface area contributed by atoms with Gasteiger partial charge < -0.3 is 5.11 Å². The minimum absolute atomic E-state index is 0.0826. The van der Waals surface area contributed by atoms with E-state index in [1.807, 2.05) is 26.8 Å². The summed E-state index contributed by atoms with van der Waals surface area (Å²) in [7, 11) is 0. The fraction of sp³-hybridized carbons (Fsp3) is 0.600. The van der Waals surface area contributed by atoms with Crippen molar-refractivity contribution in [2.45, 2.75) is 92.5 Å². The van der Waals surface area contributed by atoms with Gasteiger partial charge in [-0.3, -0.25) is 19.4 Å². The Hall–Kier alpha value is -2.30. The second-order valence-electron chi connectivity index (χ2n) is 8.60. The third kappa shape index (κ3) is 8.60. The molecule has 1 heterocycles. The molecule has 0 aliphatic carbocycles. The molecule has 168 valence electrons. The topological polar surface area (TPSA) is 75.1 Å². The highest BCUT2D eigenvalue weighted by Gasteiger charge is 2.18. The first-order valence-electron chi connectivity index (χ1n) is 11.2. The molecule has 0 saturated heterocycles. The summed E-state index contributed by atoms with van der Waals surface area (Å²) >= 11 is 0. The number of allylic oxidation sites excluding steroid dienone is 6. The first-order chi connectivity index (χ1) is 14.2. The van der Waals surface area contributed by atoms with E-state index in [4.69, 9.17) is 5.11 Å². The Balaban J connectivity index is 3.00. The Morgan fingerprint density at radius 3 is 2.40 bits per heavy atom. The highest BCUT2D eigenvalue weighted by atomic mass is 16.4. The minimum Gasteiger partial charge on any atom is -0.481 e. The molecular weight excluding hydrogens is 376 g/mol. The van der Waals surface area contributed by atoms with Gasteiger partial charge in [0.05, 0.1) is 0 Å². The average molecular weight is 417 g/mol. The summed E-state index contributed by atoms with van der Waals surface area (Å²) in [6.45, 7) is 13.2. The predicted molar refractivity (Wildman–Crippen MR) is 125 cm³/mol. The average Bonchev–Trinajstić information content (AvgIpc) is 2.96. The number of aromatic amines is 1. The van der Waals surface area contributed by atoms with Gasteiger partial charge in [-0.05, 0) is 51.9 Å². The van der Waals surface area contributed by atoms with Crippen LogP contribution in [0.4, 0.5) is 0 Å². The van der Waals surface area contributed by atoms with E-state index in [0.29, 0.717) is 25.3 Å². The molecule has 1 aromatic rings. The van der Waals surface area contributed by atoms with Crippen LogP contribution in [-0.2, 0) is 17.8 Å². The molecule has 1 rings (SSSR count). The molecule has 5 heteroatoms. The zero-order valence-electron chi connectivity index (χ0n) is 19.6. The number of aromatic nitrogens is 2. The van der Waals surface area contributed by atoms with Gasteiger partial charge in [-0.15, -0.1) is 0 Å². The van der Waals surface area contributed by atoms with Gasteiger partial charge in [0.1, 0.15) is 0 Å². The third-order valence-electron chi connectivity index (χ3n) is 5.27. The number of nitrogens with zero attached hydrogens (tertiary/aromatic N) is 1. The Kier molecular flexibility index (Phi) is 11.2. The van der Waals surface area contributed by atoms with Crippen molar-refractivity contribution in [3.63, 3.8) is 0 Å². The fourth-order valence-corrected chi connectivity index (χ4v) is 3.67. The summed E-state index contributed by atoms with van der Waals surface area (Å²) in [4.78, 5) is 23.8. The number of rotatable bonds is 13. The molecule has 0 fully saturated rings. The molecule has 5 nitrogen and oxygen atoms in total. The van der Waals surface area contributed by atoms with Gasteiger partial charge in [0.25, 0.3) is 5.56 Å². The second kappa shape index (κ2) is 13.1. The number of carboxylic acid groups (broad SMARTS) is 1. The van der Waals surface area contributed by atoms with Crippen LogP contribution in [-0.4, -0.2) is 20.9 Å². The zero-order chi connectivity index (χ0) is 22.7. The molecule has 0 radical (unpaired) electrons. The lowest BCUT2D eigenvalue weighted by molar-refractivity contribution is -0.137. The van der Waals surface area contributed by atoms with Crippen LogP contribution >= 0.6 is 0 Å². The Labute approximate surface area is 181 Å². The summed E-state index contributed by atoms with van der Waals surface area (Å²) in [6.07, 6.45) is 12.7. The SMILES string of the molecule is CC=CC(CCC)Cn1[nH]c(C(C)C)c(CC(C)=CC=C(C)CCCC(=O)O)c1=O. The van der Waals surface area contributed by atoms with E-state index in [0.717, 1.165) is 41.7 Å². The van der Waals surface area contributed by atoms with Gasteiger partial charge in [0, 0.05) is 30.6 Å². The fourth-order valence-electron chi connectivity index (χ4n) is 3.67. The van der Waals surface area contributed by atoms with Crippen molar-refractivity contribution < 1.29 is 9.90 Å². The predicted octanol–water partition coefficient (Wildman–Crippen LogP) is 5.98. The van der Waals surface area contributed by atoms with Crippen LogP contribution in [0, 0.1) is 5.92 Å². The van der Waals surface area contributed by atoms with Crippen molar-refractivity contribution in [1.82, 2.24) is 9.78 Å². The number of H-pyrrole nitrogens is 1. The summed E-state index contributed by atoms with van der Waals surface area (Å²) in [5.41, 5.74) is 4.23. The summed E-state index contributed by atoms with van der Waals surface area (Å²) < 4.78 is 1.78. The third-order valence-corrected chi connectivity index (χ3v) is 5.27. The maximum absolute atomic E-state index is 13.1. The van der Waals surface area contributed by atoms with Crippen molar-refractivity contribution in [3.8, 4) is 0 Å². The second-order valence-corrected chi connectivity index (χ2v) is 8.60. The van der Waals surface area contributed by atoms with E-state index in [1.165, 1.54) is 0 Å². The molecule has 0 spiro atoms. The van der Waals surface area contributed by atoms with Crippen LogP contribution in [0.15, 0.2) is 40.2 Å². The van der Waals surface area contributed by atoms with Crippen LogP contribution in [0.5, 0.6) is 0 Å². The van der Waals surface area contributed by atoms with Crippen molar-refractivity contribution in [2.75, 3.05) is 0 Å². The van der Waals surface area contributed by atoms with Crippen molar-refractivity contribution in [3.05, 3.63) is 57.1 Å². The molecule has 30 heavy (non-hydrogen) atoms. The molecule has 0 aromatic carbocycles. The maximum Gasteiger partial charge on any atom is 0.303 e. The lowest BCUT2D eigenvalue weighted by Crippen LogP contribution is -2.23. The van der Waals surface area contributed by atoms with Crippen LogP contribution in [0.25, 0.3) is 0 Å². The van der Waals surface area contributed by atoms with Gasteiger partial charge in [-0.25, -0.2) is 0 Å². The van der Waals surface area contributed by atoms with Crippen molar-refractivity contribution >= 4 is 5.97 Å². The molecule has 0 bridgehead atoms. The zero-order valence-corrected chi connectivity index (χ0v) is 19.6. The lowest BCUT2D eigenvalue weighted by atomic mass is 10.00. The lowest BCUT2D eigenvalue weighted by Gasteiger charge is -2.12. The number of hydrogen-bond donors (Lipinski definition) is 2. The van der Waals surface area contributed by atoms with Crippen LogP contribution in [0.1, 0.15) is 90.8 Å². The Bertz CT molecular complexity index is 822. The van der Waals surface area contributed by atoms with E-state index < -0.39 is 5.97 Å². The molecule has 0 aliphatic heterocycles. The van der Waals surface area contributed by atoms with E-state index >= 15 is 0 Å². The first kappa shape index (κ1) is 25.7. The van der Waals surface area contributed by atoms with Crippen LogP contribution in [0.3, 0.4) is 0 Å². The van der Waals surface area contributed by atoms with Crippen molar-refractivity contribution in [2.24, 2.45) is 5.92 Å². The first-order valence-corrected chi connectivity index (χ1v) is 11.2. The molecule has 0 saturated carbocycles. The summed E-state index contributed by atoms with van der Waals surface area (Å²) in [6, 6.07) is 0. The highest BCUT2D eigenvalue weighted by molar-refractivity contribution is 5.66. The molecule has 1 atom stereocenters. The molecule has 0 aliphatic rings. The Morgan fingerprint density at radius 1 is 1.17 bits per heavy atom. The highest BCUT2D eigenvalue weighted by Crippen LogP contribution is 2.19. The van der Waals surface area contributed by atoms with Gasteiger partial charge in [0.2, 0.25) is 0 Å². The number of hydrogen-bond acceptors (Lipinski definition) is 2. The van der Waals surface area contributed by atoms with Gasteiger partial charge in [-0.2, -0.15) is 0 Å². The molecule has 1 unspecified atom stereocenters. The monoisotopic (exact) mass is 416 g/mol. The summed E-state index contributed by atoms with van der Waals surface area (Å²) in [5.74, 6) is -0.145. The maximum atomic E-state index is 13.1. The summed E-state index contributed by atoms with van der Waals surface area (Å²) in [5, 5.41) is 12.1. The number of carbonyl (C=O) groups is 1. The van der Waals surface area contributed by atoms with E-state index in [9.17, 15) is 9.59 Å². The van der Waals surface area contributed by atoms with E-state index in [1.54, 1.807) is 4.68 Å². The van der Waals surface area contributed by atoms with Gasteiger partial charge >= 0.3 is 5.97 Å². The molecule has 1 aromatic heterocycles. The van der Waals surface area contributed by atoms with Gasteiger partial charge in [0.15, 0.2) is 0 Å². The molecular formula is C25H40N2O3. The number of nitrogens with one attached hydrogen (secondary N) is 1. The Morgan fingerprint density at radius 2 is 1.83 bits per heavy atom. The largest absolute Gasteiger partial charge is 0.481 e. The molecule has 2 N–H and O–H groups in total. The van der Waals surface area contributed by atoms with E-state index in [-0.39, 0.29) is 17.9 Å². The standard InChI is InChI=1S/C25H40N2O3/c1-7-10-21(11-8-2)17-27-25(30)22(24(26-27)18(3)4)16-20(6)15-14-19(5)12-9-13-23(28)29/h7,10,14-15,18,21,26H,8-9,11-13,16-17H2,1-6H3,(H,28,29). The molecule has 0 amide bonds. The minimum atomic E-state index is -0.755. The normalized spacial score (nSPS) is 14.1. The number of carboxylic acids is 1. The quantitative estimate of drug-likeness (QED) is 0.307. The van der Waals surface area contributed by atoms with Crippen LogP contribution < -0.4 is 5.56 Å². The van der Waals surface area contributed by atoms with Crippen LogP contribution in [0.2, 0.25) is 0 Å². The number of aliphatic carboxylic acids is 1. The van der Waals surface area contributed by atoms with Crippen molar-refractivity contribution in [1.29, 1.82) is 0 Å². The van der Waals surface area contributed by atoms with E-state index in [2.05, 4.69) is 44.1 Å².